The molecule has 30 heavy (non-hydrogen) atoms. The molecule has 0 N–H and O–H groups in total. The minimum absolute atomic E-state index is 0.0961. The van der Waals surface area contributed by atoms with Crippen molar-refractivity contribution in [2.45, 2.75) is 51.0 Å². The molecule has 1 aromatic heterocycles. The number of fused-ring (bicyclic) bond motifs is 3. The van der Waals surface area contributed by atoms with Gasteiger partial charge in [-0.15, -0.1) is 11.3 Å². The van der Waals surface area contributed by atoms with Crippen LogP contribution >= 0.6 is 11.3 Å². The van der Waals surface area contributed by atoms with Crippen molar-refractivity contribution in [3.05, 3.63) is 46.4 Å². The summed E-state index contributed by atoms with van der Waals surface area (Å²) in [5, 5.41) is 1.77. The molecule has 6 nitrogen and oxygen atoms in total. The summed E-state index contributed by atoms with van der Waals surface area (Å²) in [5.74, 6) is 0.960. The molecule has 2 aliphatic heterocycles. The van der Waals surface area contributed by atoms with Crippen LogP contribution in [0.1, 0.15) is 54.6 Å². The maximum absolute atomic E-state index is 13.0. The quantitative estimate of drug-likeness (QED) is 0.695. The Kier molecular flexibility index (Phi) is 7.00. The predicted octanol–water partition coefficient (Wildman–Crippen LogP) is 3.77. The summed E-state index contributed by atoms with van der Waals surface area (Å²) in [6.07, 6.45) is 6.42. The molecule has 3 heterocycles. The van der Waals surface area contributed by atoms with Crippen LogP contribution in [-0.4, -0.2) is 58.9 Å². The van der Waals surface area contributed by atoms with Crippen LogP contribution in [0.4, 0.5) is 0 Å². The fourth-order valence-corrected chi connectivity index (χ4v) is 4.91. The molecule has 7 heteroatoms. The average Bonchev–Trinajstić information content (AvgIpc) is 3.31. The van der Waals surface area contributed by atoms with E-state index in [1.807, 2.05) is 12.1 Å². The molecule has 2 amide bonds. The molecule has 2 aromatic rings. The summed E-state index contributed by atoms with van der Waals surface area (Å²) >= 11 is 1.41. The van der Waals surface area contributed by atoms with Crippen LogP contribution < -0.4 is 4.74 Å². The van der Waals surface area contributed by atoms with Crippen LogP contribution in [-0.2, 0) is 11.2 Å². The smallest absolute Gasteiger partial charge is 0.273 e. The standard InChI is InChI=1S/C23H29N3O3S/c27-22-8-4-11-25(23(28)21-16-30-17-24-21)13-14-29-20-7-3-5-18(15-20)9-10-19-6-1-2-12-26(19)22/h3,5,7,15-17,19H,1-2,4,6,8-14H2. The summed E-state index contributed by atoms with van der Waals surface area (Å²) in [5.41, 5.74) is 3.36. The first kappa shape index (κ1) is 20.8. The van der Waals surface area contributed by atoms with Crippen LogP contribution in [0.2, 0.25) is 0 Å². The molecular weight excluding hydrogens is 398 g/mol. The third-order valence-electron chi connectivity index (χ3n) is 6.00. The Bertz CT molecular complexity index is 855. The number of nitrogens with zero attached hydrogens (tertiary/aromatic N) is 3. The number of thiazole rings is 1. The molecule has 1 atom stereocenters. The van der Waals surface area contributed by atoms with Crippen LogP contribution in [0.15, 0.2) is 35.2 Å². The van der Waals surface area contributed by atoms with Crippen molar-refractivity contribution in [1.82, 2.24) is 14.8 Å². The van der Waals surface area contributed by atoms with Crippen LogP contribution in [0.3, 0.4) is 0 Å². The van der Waals surface area contributed by atoms with Gasteiger partial charge in [-0.3, -0.25) is 9.59 Å². The monoisotopic (exact) mass is 427 g/mol. The summed E-state index contributed by atoms with van der Waals surface area (Å²) in [6, 6.07) is 8.50. The lowest BCUT2D eigenvalue weighted by molar-refractivity contribution is -0.135. The van der Waals surface area contributed by atoms with Crippen molar-refractivity contribution in [1.29, 1.82) is 0 Å². The average molecular weight is 428 g/mol. The van der Waals surface area contributed by atoms with Crippen LogP contribution in [0, 0.1) is 0 Å². The van der Waals surface area contributed by atoms with E-state index < -0.39 is 0 Å². The lowest BCUT2D eigenvalue weighted by Crippen LogP contribution is -2.44. The number of piperidine rings is 1. The zero-order valence-electron chi connectivity index (χ0n) is 17.3. The molecule has 2 aliphatic rings. The SMILES string of the molecule is O=C(c1cscn1)N1CCCC(=O)N2CCCCC2CCc2cccc(c2)OCC1. The number of aryl methyl sites for hydroxylation is 1. The van der Waals surface area contributed by atoms with Gasteiger partial charge in [0, 0.05) is 30.9 Å². The Labute approximate surface area is 181 Å². The maximum Gasteiger partial charge on any atom is 0.273 e. The Morgan fingerprint density at radius 2 is 2.03 bits per heavy atom. The highest BCUT2D eigenvalue weighted by Gasteiger charge is 2.27. The van der Waals surface area contributed by atoms with Gasteiger partial charge in [0.15, 0.2) is 0 Å². The second-order valence-corrected chi connectivity index (χ2v) is 8.76. The van der Waals surface area contributed by atoms with E-state index in [0.29, 0.717) is 44.3 Å². The topological polar surface area (TPSA) is 62.7 Å². The third kappa shape index (κ3) is 5.19. The number of rotatable bonds is 1. The number of carbonyl (C=O) groups is 2. The van der Waals surface area contributed by atoms with Gasteiger partial charge < -0.3 is 14.5 Å². The first-order chi connectivity index (χ1) is 14.7. The van der Waals surface area contributed by atoms with Crippen molar-refractivity contribution in [2.75, 3.05) is 26.2 Å². The first-order valence-corrected chi connectivity index (χ1v) is 11.8. The normalized spacial score (nSPS) is 21.2. The molecule has 2 bridgehead atoms. The molecule has 0 radical (unpaired) electrons. The fourth-order valence-electron chi connectivity index (χ4n) is 4.39. The number of benzene rings is 1. The molecule has 1 fully saturated rings. The maximum atomic E-state index is 13.0. The van der Waals surface area contributed by atoms with E-state index in [1.165, 1.54) is 23.3 Å². The highest BCUT2D eigenvalue weighted by Crippen LogP contribution is 2.24. The Hall–Kier alpha value is -2.41. The van der Waals surface area contributed by atoms with E-state index in [-0.39, 0.29) is 11.8 Å². The van der Waals surface area contributed by atoms with Gasteiger partial charge in [0.2, 0.25) is 5.91 Å². The number of ether oxygens (including phenoxy) is 1. The van der Waals surface area contributed by atoms with E-state index >= 15 is 0 Å². The van der Waals surface area contributed by atoms with E-state index in [9.17, 15) is 9.59 Å². The van der Waals surface area contributed by atoms with Gasteiger partial charge >= 0.3 is 0 Å². The molecule has 160 valence electrons. The number of amides is 2. The summed E-state index contributed by atoms with van der Waals surface area (Å²) in [4.78, 5) is 33.8. The van der Waals surface area contributed by atoms with Crippen molar-refractivity contribution < 1.29 is 14.3 Å². The van der Waals surface area contributed by atoms with Crippen LogP contribution in [0.5, 0.6) is 5.75 Å². The zero-order valence-corrected chi connectivity index (χ0v) is 18.1. The second kappa shape index (κ2) is 10.1. The minimum atomic E-state index is -0.0961. The molecule has 0 spiro atoms. The Morgan fingerprint density at radius 1 is 1.10 bits per heavy atom. The first-order valence-electron chi connectivity index (χ1n) is 10.9. The second-order valence-electron chi connectivity index (χ2n) is 8.04. The molecule has 0 aliphatic carbocycles. The summed E-state index contributed by atoms with van der Waals surface area (Å²) in [7, 11) is 0. The van der Waals surface area contributed by atoms with E-state index in [4.69, 9.17) is 4.74 Å². The Balaban J connectivity index is 1.52. The Morgan fingerprint density at radius 3 is 2.90 bits per heavy atom. The minimum Gasteiger partial charge on any atom is -0.492 e. The predicted molar refractivity (Wildman–Crippen MR) is 117 cm³/mol. The fraction of sp³-hybridized carbons (Fsp3) is 0.522. The van der Waals surface area contributed by atoms with E-state index in [2.05, 4.69) is 22.0 Å². The van der Waals surface area contributed by atoms with Gasteiger partial charge in [0.05, 0.1) is 12.1 Å². The molecular formula is C23H29N3O3S. The molecule has 0 saturated carbocycles. The molecule has 1 saturated heterocycles. The lowest BCUT2D eigenvalue weighted by atomic mass is 9.95. The van der Waals surface area contributed by atoms with E-state index in [1.54, 1.807) is 15.8 Å². The highest BCUT2D eigenvalue weighted by molar-refractivity contribution is 7.07. The zero-order chi connectivity index (χ0) is 20.8. The van der Waals surface area contributed by atoms with E-state index in [0.717, 1.165) is 38.0 Å². The third-order valence-corrected chi connectivity index (χ3v) is 6.59. The molecule has 4 rings (SSSR count). The van der Waals surface area contributed by atoms with Gasteiger partial charge in [0.25, 0.3) is 5.91 Å². The van der Waals surface area contributed by atoms with Crippen molar-refractivity contribution in [3.63, 3.8) is 0 Å². The molecule has 1 aromatic carbocycles. The van der Waals surface area contributed by atoms with Crippen molar-refractivity contribution >= 4 is 23.2 Å². The highest BCUT2D eigenvalue weighted by atomic mass is 32.1. The summed E-state index contributed by atoms with van der Waals surface area (Å²) in [6.45, 7) is 2.28. The van der Waals surface area contributed by atoms with Gasteiger partial charge in [-0.05, 0) is 56.2 Å². The van der Waals surface area contributed by atoms with Crippen LogP contribution in [0.25, 0.3) is 0 Å². The molecule has 1 unspecified atom stereocenters. The van der Waals surface area contributed by atoms with Gasteiger partial charge in [-0.1, -0.05) is 12.1 Å². The van der Waals surface area contributed by atoms with Gasteiger partial charge in [-0.2, -0.15) is 0 Å². The number of aromatic nitrogens is 1. The number of hydrogen-bond acceptors (Lipinski definition) is 5. The number of hydrogen-bond donors (Lipinski definition) is 0. The van der Waals surface area contributed by atoms with Gasteiger partial charge in [0.1, 0.15) is 18.1 Å². The number of carbonyl (C=O) groups excluding carboxylic acids is 2. The van der Waals surface area contributed by atoms with Crippen molar-refractivity contribution in [3.8, 4) is 5.75 Å². The van der Waals surface area contributed by atoms with Gasteiger partial charge in [-0.25, -0.2) is 4.98 Å². The lowest BCUT2D eigenvalue weighted by Gasteiger charge is -2.36. The largest absolute Gasteiger partial charge is 0.492 e. The van der Waals surface area contributed by atoms with Crippen molar-refractivity contribution in [2.24, 2.45) is 0 Å². The summed E-state index contributed by atoms with van der Waals surface area (Å²) < 4.78 is 5.96.